The van der Waals surface area contributed by atoms with Crippen molar-refractivity contribution in [3.8, 4) is 0 Å². The minimum atomic E-state index is -0.144. The van der Waals surface area contributed by atoms with Crippen molar-refractivity contribution in [2.75, 3.05) is 5.75 Å². The summed E-state index contributed by atoms with van der Waals surface area (Å²) in [5, 5.41) is 4.38. The van der Waals surface area contributed by atoms with Crippen LogP contribution in [0.1, 0.15) is 28.5 Å². The largest absolute Gasteiger partial charge is 0.352 e. The number of thioether (sulfide) groups is 1. The van der Waals surface area contributed by atoms with E-state index >= 15 is 0 Å². The van der Waals surface area contributed by atoms with E-state index in [0.29, 0.717) is 24.1 Å². The SMILES string of the molecule is Cc1sc2nc3n(c(=O)c2c1C)[C@H](CC(=O)NCc1ccccc1)CS3. The van der Waals surface area contributed by atoms with Gasteiger partial charge in [0.1, 0.15) is 4.83 Å². The number of nitrogens with one attached hydrogen (secondary N) is 1. The summed E-state index contributed by atoms with van der Waals surface area (Å²) in [5.74, 6) is 0.661. The van der Waals surface area contributed by atoms with Gasteiger partial charge < -0.3 is 5.32 Å². The Hall–Kier alpha value is -2.12. The molecule has 1 atom stereocenters. The van der Waals surface area contributed by atoms with E-state index in [1.165, 1.54) is 0 Å². The van der Waals surface area contributed by atoms with Gasteiger partial charge in [-0.25, -0.2) is 4.98 Å². The highest BCUT2D eigenvalue weighted by Crippen LogP contribution is 2.35. The van der Waals surface area contributed by atoms with E-state index in [-0.39, 0.29) is 17.5 Å². The molecule has 134 valence electrons. The van der Waals surface area contributed by atoms with Crippen molar-refractivity contribution in [3.05, 3.63) is 56.7 Å². The third-order valence-corrected chi connectivity index (χ3v) is 6.92. The van der Waals surface area contributed by atoms with Crippen molar-refractivity contribution in [1.82, 2.24) is 14.9 Å². The Morgan fingerprint density at radius 1 is 1.31 bits per heavy atom. The number of thiophene rings is 1. The van der Waals surface area contributed by atoms with Gasteiger partial charge in [0.25, 0.3) is 5.56 Å². The molecule has 1 aliphatic rings. The number of aromatic nitrogens is 2. The smallest absolute Gasteiger partial charge is 0.263 e. The molecule has 3 aromatic rings. The summed E-state index contributed by atoms with van der Waals surface area (Å²) in [5.41, 5.74) is 2.05. The van der Waals surface area contributed by atoms with Crippen molar-refractivity contribution >= 4 is 39.2 Å². The third kappa shape index (κ3) is 3.05. The third-order valence-electron chi connectivity index (χ3n) is 4.73. The Morgan fingerprint density at radius 2 is 2.08 bits per heavy atom. The molecule has 1 aromatic carbocycles. The normalized spacial score (nSPS) is 16.0. The quantitative estimate of drug-likeness (QED) is 0.699. The van der Waals surface area contributed by atoms with Crippen LogP contribution in [0, 0.1) is 13.8 Å². The molecule has 0 radical (unpaired) electrons. The van der Waals surface area contributed by atoms with Gasteiger partial charge in [-0.15, -0.1) is 11.3 Å². The summed E-state index contributed by atoms with van der Waals surface area (Å²) in [4.78, 5) is 32.0. The molecule has 5 nitrogen and oxygen atoms in total. The molecular weight excluding hydrogens is 366 g/mol. The van der Waals surface area contributed by atoms with Gasteiger partial charge in [-0.1, -0.05) is 42.1 Å². The molecule has 7 heteroatoms. The van der Waals surface area contributed by atoms with E-state index in [4.69, 9.17) is 0 Å². The van der Waals surface area contributed by atoms with Crippen LogP contribution in [0.15, 0.2) is 40.3 Å². The average Bonchev–Trinajstić information content (AvgIpc) is 3.16. The number of hydrogen-bond acceptors (Lipinski definition) is 5. The molecule has 26 heavy (non-hydrogen) atoms. The predicted octanol–water partition coefficient (Wildman–Crippen LogP) is 3.43. The van der Waals surface area contributed by atoms with Gasteiger partial charge >= 0.3 is 0 Å². The number of amides is 1. The Bertz CT molecular complexity index is 1040. The van der Waals surface area contributed by atoms with Crippen LogP contribution < -0.4 is 10.9 Å². The Kier molecular flexibility index (Phi) is 4.58. The van der Waals surface area contributed by atoms with E-state index in [0.717, 1.165) is 26.0 Å². The van der Waals surface area contributed by atoms with Crippen molar-refractivity contribution in [2.24, 2.45) is 0 Å². The fourth-order valence-electron chi connectivity index (χ4n) is 3.19. The van der Waals surface area contributed by atoms with Gasteiger partial charge in [-0.2, -0.15) is 0 Å². The number of benzene rings is 1. The van der Waals surface area contributed by atoms with Crippen LogP contribution in [-0.4, -0.2) is 21.2 Å². The van der Waals surface area contributed by atoms with E-state index in [1.54, 1.807) is 27.7 Å². The number of fused-ring (bicyclic) bond motifs is 2. The first kappa shape index (κ1) is 17.3. The van der Waals surface area contributed by atoms with Crippen molar-refractivity contribution in [3.63, 3.8) is 0 Å². The molecule has 4 rings (SSSR count). The first-order valence-electron chi connectivity index (χ1n) is 8.50. The van der Waals surface area contributed by atoms with Gasteiger partial charge in [0.2, 0.25) is 5.91 Å². The van der Waals surface area contributed by atoms with Crippen LogP contribution >= 0.6 is 23.1 Å². The molecule has 0 bridgehead atoms. The maximum Gasteiger partial charge on any atom is 0.263 e. The first-order valence-corrected chi connectivity index (χ1v) is 10.3. The standard InChI is InChI=1S/C19H19N3O2S2/c1-11-12(2)26-17-16(11)18(24)22-14(10-25-19(22)21-17)8-15(23)20-9-13-6-4-3-5-7-13/h3-7,14H,8-10H2,1-2H3,(H,20,23)/t14-/m1/s1. The molecule has 1 N–H and O–H groups in total. The van der Waals surface area contributed by atoms with Crippen molar-refractivity contribution in [1.29, 1.82) is 0 Å². The van der Waals surface area contributed by atoms with Gasteiger partial charge in [-0.05, 0) is 25.0 Å². The highest BCUT2D eigenvalue weighted by molar-refractivity contribution is 7.99. The Labute approximate surface area is 159 Å². The number of hydrogen-bond donors (Lipinski definition) is 1. The average molecular weight is 386 g/mol. The summed E-state index contributed by atoms with van der Waals surface area (Å²) >= 11 is 3.12. The number of rotatable bonds is 4. The van der Waals surface area contributed by atoms with E-state index in [2.05, 4.69) is 10.3 Å². The minimum absolute atomic E-state index is 0.0160. The second-order valence-electron chi connectivity index (χ2n) is 6.46. The van der Waals surface area contributed by atoms with Crippen LogP contribution in [-0.2, 0) is 11.3 Å². The maximum absolute atomic E-state index is 13.0. The second kappa shape index (κ2) is 6.89. The molecular formula is C19H19N3O2S2. The monoisotopic (exact) mass is 385 g/mol. The highest BCUT2D eigenvalue weighted by atomic mass is 32.2. The Balaban J connectivity index is 1.55. The predicted molar refractivity (Wildman–Crippen MR) is 106 cm³/mol. The van der Waals surface area contributed by atoms with E-state index in [1.807, 2.05) is 44.2 Å². The molecule has 1 amide bonds. The van der Waals surface area contributed by atoms with Crippen LogP contribution in [0.25, 0.3) is 10.2 Å². The second-order valence-corrected chi connectivity index (χ2v) is 8.65. The summed E-state index contributed by atoms with van der Waals surface area (Å²) in [6, 6.07) is 9.67. The van der Waals surface area contributed by atoms with Crippen LogP contribution in [0.5, 0.6) is 0 Å². The van der Waals surface area contributed by atoms with Crippen molar-refractivity contribution in [2.45, 2.75) is 38.0 Å². The lowest BCUT2D eigenvalue weighted by atomic mass is 10.2. The minimum Gasteiger partial charge on any atom is -0.352 e. The van der Waals surface area contributed by atoms with Crippen LogP contribution in [0.2, 0.25) is 0 Å². The molecule has 2 aromatic heterocycles. The number of nitrogens with zero attached hydrogens (tertiary/aromatic N) is 2. The fraction of sp³-hybridized carbons (Fsp3) is 0.316. The topological polar surface area (TPSA) is 64.0 Å². The van der Waals surface area contributed by atoms with Crippen LogP contribution in [0.3, 0.4) is 0 Å². The van der Waals surface area contributed by atoms with E-state index < -0.39 is 0 Å². The van der Waals surface area contributed by atoms with E-state index in [9.17, 15) is 9.59 Å². The van der Waals surface area contributed by atoms with Gasteiger partial charge in [-0.3, -0.25) is 14.2 Å². The zero-order valence-electron chi connectivity index (χ0n) is 14.6. The summed E-state index contributed by atoms with van der Waals surface area (Å²) < 4.78 is 1.72. The van der Waals surface area contributed by atoms with Gasteiger partial charge in [0.05, 0.1) is 11.4 Å². The lowest BCUT2D eigenvalue weighted by Gasteiger charge is -2.13. The molecule has 1 aliphatic heterocycles. The summed E-state index contributed by atoms with van der Waals surface area (Å²) in [6.45, 7) is 4.48. The molecule has 0 fully saturated rings. The number of aryl methyl sites for hydroxylation is 2. The molecule has 0 unspecified atom stereocenters. The summed E-state index contributed by atoms with van der Waals surface area (Å²) in [6.07, 6.45) is 0.294. The zero-order chi connectivity index (χ0) is 18.3. The fourth-order valence-corrected chi connectivity index (χ4v) is 5.40. The first-order chi connectivity index (χ1) is 12.5. The van der Waals surface area contributed by atoms with Crippen LogP contribution in [0.4, 0.5) is 0 Å². The number of carbonyl (C=O) groups is 1. The molecule has 3 heterocycles. The van der Waals surface area contributed by atoms with Gasteiger partial charge in [0, 0.05) is 23.6 Å². The summed E-state index contributed by atoms with van der Waals surface area (Å²) in [7, 11) is 0. The van der Waals surface area contributed by atoms with Crippen molar-refractivity contribution < 1.29 is 4.79 Å². The Morgan fingerprint density at radius 3 is 2.85 bits per heavy atom. The molecule has 0 spiro atoms. The zero-order valence-corrected chi connectivity index (χ0v) is 16.2. The number of carbonyl (C=O) groups excluding carboxylic acids is 1. The lowest BCUT2D eigenvalue weighted by molar-refractivity contribution is -0.121. The molecule has 0 saturated heterocycles. The molecule has 0 saturated carbocycles. The van der Waals surface area contributed by atoms with Gasteiger partial charge in [0.15, 0.2) is 5.16 Å². The highest BCUT2D eigenvalue weighted by Gasteiger charge is 2.29. The lowest BCUT2D eigenvalue weighted by Crippen LogP contribution is -2.30. The maximum atomic E-state index is 13.0. The molecule has 0 aliphatic carbocycles.